The van der Waals surface area contributed by atoms with E-state index in [0.717, 1.165) is 43.7 Å². The topological polar surface area (TPSA) is 71.0 Å². The van der Waals surface area contributed by atoms with E-state index in [4.69, 9.17) is 0 Å². The summed E-state index contributed by atoms with van der Waals surface area (Å²) in [6.07, 6.45) is 8.75. The van der Waals surface area contributed by atoms with E-state index in [1.54, 1.807) is 6.20 Å². The van der Waals surface area contributed by atoms with Gasteiger partial charge in [0.15, 0.2) is 0 Å². The summed E-state index contributed by atoms with van der Waals surface area (Å²) >= 11 is 1.48. The molecule has 0 radical (unpaired) electrons. The lowest BCUT2D eigenvalue weighted by molar-refractivity contribution is 0.206. The molecule has 1 fully saturated rings. The molecule has 0 saturated carbocycles. The first-order valence-electron chi connectivity index (χ1n) is 8.97. The van der Waals surface area contributed by atoms with Crippen LogP contribution in [0.3, 0.4) is 0 Å². The van der Waals surface area contributed by atoms with Crippen LogP contribution < -0.4 is 5.32 Å². The predicted octanol–water partition coefficient (Wildman–Crippen LogP) is 4.08. The van der Waals surface area contributed by atoms with Gasteiger partial charge in [-0.2, -0.15) is 0 Å². The molecule has 2 unspecified atom stereocenters. The molecular formula is C18H25N5OS. The molecule has 134 valence electrons. The number of nitrogens with zero attached hydrogens (tertiary/aromatic N) is 4. The van der Waals surface area contributed by atoms with Crippen molar-refractivity contribution in [3.8, 4) is 0 Å². The fraction of sp³-hybridized carbons (Fsp3) is 0.556. The predicted molar refractivity (Wildman–Crippen MR) is 99.9 cm³/mol. The third-order valence-corrected chi connectivity index (χ3v) is 5.70. The average molecular weight is 359 g/mol. The summed E-state index contributed by atoms with van der Waals surface area (Å²) in [5, 5.41) is 12.9. The zero-order chi connectivity index (χ0) is 17.6. The molecule has 0 aromatic carbocycles. The maximum absolute atomic E-state index is 12.7. The van der Waals surface area contributed by atoms with Crippen LogP contribution >= 0.6 is 11.3 Å². The monoisotopic (exact) mass is 359 g/mol. The van der Waals surface area contributed by atoms with Crippen molar-refractivity contribution < 1.29 is 4.79 Å². The number of pyridine rings is 1. The summed E-state index contributed by atoms with van der Waals surface area (Å²) < 4.78 is 0. The van der Waals surface area contributed by atoms with Gasteiger partial charge in [-0.3, -0.25) is 10.3 Å². The molecule has 1 N–H and O–H groups in total. The zero-order valence-corrected chi connectivity index (χ0v) is 15.6. The molecule has 0 spiro atoms. The van der Waals surface area contributed by atoms with Crippen molar-refractivity contribution >= 4 is 22.5 Å². The highest BCUT2D eigenvalue weighted by atomic mass is 32.1. The summed E-state index contributed by atoms with van der Waals surface area (Å²) in [5.74, 6) is 0.387. The molecule has 2 amide bonds. The van der Waals surface area contributed by atoms with E-state index >= 15 is 0 Å². The number of hydrogen-bond donors (Lipinski definition) is 1. The molecule has 0 aliphatic carbocycles. The Morgan fingerprint density at radius 3 is 3.12 bits per heavy atom. The number of hydrogen-bond acceptors (Lipinski definition) is 5. The number of nitrogens with one attached hydrogen (secondary N) is 1. The van der Waals surface area contributed by atoms with Gasteiger partial charge in [0.2, 0.25) is 5.13 Å². The van der Waals surface area contributed by atoms with Crippen molar-refractivity contribution in [3.63, 3.8) is 0 Å². The summed E-state index contributed by atoms with van der Waals surface area (Å²) in [6, 6.07) is 4.15. The lowest BCUT2D eigenvalue weighted by Gasteiger charge is -2.24. The van der Waals surface area contributed by atoms with Crippen LogP contribution in [0.4, 0.5) is 9.93 Å². The summed E-state index contributed by atoms with van der Waals surface area (Å²) in [6.45, 7) is 5.10. The molecule has 3 heterocycles. The van der Waals surface area contributed by atoms with Gasteiger partial charge in [-0.05, 0) is 37.3 Å². The van der Waals surface area contributed by atoms with Crippen LogP contribution in [0.25, 0.3) is 0 Å². The standard InChI is InChI=1S/C18H25N5OS/c1-3-6-13(2)16-21-22-17(25-16)20-18(24)23-10-5-8-15(23)11-14-7-4-9-19-12-14/h4,7,9,12-13,15H,3,5-6,8,10-11H2,1-2H3,(H,20,22,24). The van der Waals surface area contributed by atoms with Crippen molar-refractivity contribution in [1.82, 2.24) is 20.1 Å². The van der Waals surface area contributed by atoms with E-state index in [1.165, 1.54) is 16.9 Å². The SMILES string of the molecule is CCCC(C)c1nnc(NC(=O)N2CCCC2Cc2cccnc2)s1. The Morgan fingerprint density at radius 1 is 1.48 bits per heavy atom. The number of carbonyl (C=O) groups excluding carboxylic acids is 1. The van der Waals surface area contributed by atoms with Crippen LogP contribution in [-0.2, 0) is 6.42 Å². The maximum atomic E-state index is 12.7. The molecule has 7 heteroatoms. The molecule has 1 aliphatic rings. The molecule has 2 atom stereocenters. The third-order valence-electron chi connectivity index (χ3n) is 4.63. The fourth-order valence-electron chi connectivity index (χ4n) is 3.31. The number of urea groups is 1. The number of amides is 2. The Labute approximate surface area is 152 Å². The third kappa shape index (κ3) is 4.54. The molecule has 1 aliphatic heterocycles. The molecule has 6 nitrogen and oxygen atoms in total. The van der Waals surface area contributed by atoms with Gasteiger partial charge in [0.1, 0.15) is 5.01 Å². The molecule has 3 rings (SSSR count). The van der Waals surface area contributed by atoms with Crippen molar-refractivity contribution in [2.45, 2.75) is 57.9 Å². The molecule has 1 saturated heterocycles. The number of aromatic nitrogens is 3. The second kappa shape index (κ2) is 8.38. The average Bonchev–Trinajstić information content (AvgIpc) is 3.25. The van der Waals surface area contributed by atoms with E-state index in [1.807, 2.05) is 17.2 Å². The maximum Gasteiger partial charge on any atom is 0.323 e. The first kappa shape index (κ1) is 17.8. The first-order valence-corrected chi connectivity index (χ1v) is 9.79. The van der Waals surface area contributed by atoms with Gasteiger partial charge >= 0.3 is 6.03 Å². The minimum Gasteiger partial charge on any atom is -0.321 e. The highest BCUT2D eigenvalue weighted by Crippen LogP contribution is 2.27. The van der Waals surface area contributed by atoms with Crippen molar-refractivity contribution in [3.05, 3.63) is 35.1 Å². The van der Waals surface area contributed by atoms with E-state index in [9.17, 15) is 4.79 Å². The van der Waals surface area contributed by atoms with Gasteiger partial charge in [-0.1, -0.05) is 37.7 Å². The van der Waals surface area contributed by atoms with Gasteiger partial charge in [0.05, 0.1) is 0 Å². The van der Waals surface area contributed by atoms with Crippen LogP contribution in [0.5, 0.6) is 0 Å². The number of rotatable bonds is 6. The Morgan fingerprint density at radius 2 is 2.36 bits per heavy atom. The lowest BCUT2D eigenvalue weighted by Crippen LogP contribution is -2.39. The molecule has 2 aromatic rings. The Hall–Kier alpha value is -2.02. The lowest BCUT2D eigenvalue weighted by atomic mass is 10.1. The zero-order valence-electron chi connectivity index (χ0n) is 14.8. The minimum atomic E-state index is -0.0720. The van der Waals surface area contributed by atoms with E-state index in [0.29, 0.717) is 11.0 Å². The van der Waals surface area contributed by atoms with Crippen LogP contribution in [-0.4, -0.2) is 38.7 Å². The van der Waals surface area contributed by atoms with Crippen molar-refractivity contribution in [2.24, 2.45) is 0 Å². The Balaban J connectivity index is 1.60. The molecular weight excluding hydrogens is 334 g/mol. The minimum absolute atomic E-state index is 0.0720. The highest BCUT2D eigenvalue weighted by Gasteiger charge is 2.29. The van der Waals surface area contributed by atoms with Crippen molar-refractivity contribution in [1.29, 1.82) is 0 Å². The smallest absolute Gasteiger partial charge is 0.321 e. The largest absolute Gasteiger partial charge is 0.323 e. The summed E-state index contributed by atoms with van der Waals surface area (Å²) in [4.78, 5) is 18.7. The number of anilines is 1. The van der Waals surface area contributed by atoms with Gasteiger partial charge in [-0.25, -0.2) is 4.79 Å². The van der Waals surface area contributed by atoms with Crippen LogP contribution in [0.2, 0.25) is 0 Å². The Kier molecular flexibility index (Phi) is 5.96. The molecule has 0 bridgehead atoms. The second-order valence-electron chi connectivity index (χ2n) is 6.62. The van der Waals surface area contributed by atoms with Gasteiger partial charge in [-0.15, -0.1) is 10.2 Å². The normalized spacial score (nSPS) is 18.3. The Bertz CT molecular complexity index is 690. The first-order chi connectivity index (χ1) is 12.2. The van der Waals surface area contributed by atoms with Crippen LogP contribution in [0.15, 0.2) is 24.5 Å². The van der Waals surface area contributed by atoms with E-state index in [2.05, 4.69) is 40.4 Å². The summed E-state index contributed by atoms with van der Waals surface area (Å²) in [7, 11) is 0. The quantitative estimate of drug-likeness (QED) is 0.844. The van der Waals surface area contributed by atoms with E-state index in [-0.39, 0.29) is 12.1 Å². The van der Waals surface area contributed by atoms with Crippen LogP contribution in [0.1, 0.15) is 56.0 Å². The number of carbonyl (C=O) groups is 1. The van der Waals surface area contributed by atoms with Gasteiger partial charge in [0.25, 0.3) is 0 Å². The van der Waals surface area contributed by atoms with E-state index < -0.39 is 0 Å². The van der Waals surface area contributed by atoms with Gasteiger partial charge in [0, 0.05) is 30.9 Å². The second-order valence-corrected chi connectivity index (χ2v) is 7.63. The van der Waals surface area contributed by atoms with Gasteiger partial charge < -0.3 is 4.90 Å². The van der Waals surface area contributed by atoms with Crippen molar-refractivity contribution in [2.75, 3.05) is 11.9 Å². The molecule has 25 heavy (non-hydrogen) atoms. The van der Waals surface area contributed by atoms with Crippen LogP contribution in [0, 0.1) is 0 Å². The fourth-order valence-corrected chi connectivity index (χ4v) is 4.13. The number of likely N-dealkylation sites (tertiary alicyclic amines) is 1. The molecule has 2 aromatic heterocycles. The highest BCUT2D eigenvalue weighted by molar-refractivity contribution is 7.15. The summed E-state index contributed by atoms with van der Waals surface area (Å²) in [5.41, 5.74) is 1.17.